The lowest BCUT2D eigenvalue weighted by molar-refractivity contribution is 0.239. The van der Waals surface area contributed by atoms with E-state index in [9.17, 15) is 4.79 Å². The van der Waals surface area contributed by atoms with Crippen molar-refractivity contribution in [1.29, 1.82) is 0 Å². The summed E-state index contributed by atoms with van der Waals surface area (Å²) in [5, 5.41) is 1.03. The second kappa shape index (κ2) is 4.67. The monoisotopic (exact) mass is 281 g/mol. The van der Waals surface area contributed by atoms with Crippen LogP contribution in [0.3, 0.4) is 0 Å². The molecular formula is C11H12BrN3O. The van der Waals surface area contributed by atoms with Crippen LogP contribution in [-0.4, -0.2) is 17.1 Å². The van der Waals surface area contributed by atoms with Crippen molar-refractivity contribution in [2.75, 3.05) is 6.54 Å². The van der Waals surface area contributed by atoms with Crippen LogP contribution in [0.2, 0.25) is 0 Å². The van der Waals surface area contributed by atoms with Crippen LogP contribution in [0.4, 0.5) is 4.79 Å². The van der Waals surface area contributed by atoms with Gasteiger partial charge in [0.1, 0.15) is 0 Å². The first kappa shape index (κ1) is 11.2. The lowest BCUT2D eigenvalue weighted by Crippen LogP contribution is -2.39. The highest BCUT2D eigenvalue weighted by atomic mass is 79.9. The maximum absolute atomic E-state index is 11.7. The summed E-state index contributed by atoms with van der Waals surface area (Å²) >= 11 is 3.40. The average molecular weight is 282 g/mol. The van der Waals surface area contributed by atoms with Crippen LogP contribution in [0.15, 0.2) is 34.9 Å². The molecule has 2 rings (SSSR count). The number of carbonyl (C=O) groups excluding carboxylic acids is 1. The van der Waals surface area contributed by atoms with Crippen molar-refractivity contribution < 1.29 is 4.79 Å². The van der Waals surface area contributed by atoms with Gasteiger partial charge in [0.05, 0.1) is 5.52 Å². The predicted octanol–water partition coefficient (Wildman–Crippen LogP) is 2.49. The normalized spacial score (nSPS) is 10.6. The van der Waals surface area contributed by atoms with E-state index in [1.807, 2.05) is 31.2 Å². The van der Waals surface area contributed by atoms with E-state index in [2.05, 4.69) is 26.8 Å². The Kier molecular flexibility index (Phi) is 3.26. The third kappa shape index (κ3) is 2.10. The number of nitrogens with zero attached hydrogens (tertiary/aromatic N) is 1. The minimum absolute atomic E-state index is 0.181. The van der Waals surface area contributed by atoms with Gasteiger partial charge in [-0.3, -0.25) is 9.99 Å². The Morgan fingerprint density at radius 1 is 1.44 bits per heavy atom. The maximum Gasteiger partial charge on any atom is 0.340 e. The Hall–Kier alpha value is -1.33. The van der Waals surface area contributed by atoms with Crippen LogP contribution in [0.25, 0.3) is 10.9 Å². The molecule has 84 valence electrons. The van der Waals surface area contributed by atoms with Gasteiger partial charge in [0, 0.05) is 22.6 Å². The molecule has 16 heavy (non-hydrogen) atoms. The van der Waals surface area contributed by atoms with Crippen LogP contribution < -0.4 is 10.9 Å². The number of nitrogens with one attached hydrogen (secondary N) is 2. The smallest absolute Gasteiger partial charge is 0.273 e. The summed E-state index contributed by atoms with van der Waals surface area (Å²) in [5.74, 6) is 0. The highest BCUT2D eigenvalue weighted by Crippen LogP contribution is 2.20. The van der Waals surface area contributed by atoms with E-state index in [-0.39, 0.29) is 6.03 Å². The fraction of sp³-hybridized carbons (Fsp3) is 0.182. The minimum Gasteiger partial charge on any atom is -0.273 e. The fourth-order valence-electron chi connectivity index (χ4n) is 1.51. The quantitative estimate of drug-likeness (QED) is 0.831. The highest BCUT2D eigenvalue weighted by molar-refractivity contribution is 9.10. The van der Waals surface area contributed by atoms with Gasteiger partial charge in [-0.2, -0.15) is 0 Å². The van der Waals surface area contributed by atoms with Crippen molar-refractivity contribution in [2.45, 2.75) is 6.92 Å². The highest BCUT2D eigenvalue weighted by Gasteiger charge is 2.07. The van der Waals surface area contributed by atoms with Crippen LogP contribution in [0.1, 0.15) is 6.92 Å². The molecule has 1 aromatic carbocycles. The number of fused-ring (bicyclic) bond motifs is 1. The number of carbonyl (C=O) groups is 1. The third-order valence-corrected chi connectivity index (χ3v) is 2.74. The molecule has 0 bridgehead atoms. The van der Waals surface area contributed by atoms with Crippen molar-refractivity contribution in [3.8, 4) is 0 Å². The molecule has 0 aliphatic heterocycles. The lowest BCUT2D eigenvalue weighted by Gasteiger charge is -2.06. The molecule has 1 aromatic heterocycles. The Bertz CT molecular complexity index is 521. The molecule has 0 aliphatic rings. The summed E-state index contributed by atoms with van der Waals surface area (Å²) < 4.78 is 2.58. The molecule has 2 aromatic rings. The van der Waals surface area contributed by atoms with E-state index in [4.69, 9.17) is 0 Å². The fourth-order valence-corrected chi connectivity index (χ4v) is 1.89. The lowest BCUT2D eigenvalue weighted by atomic mass is 10.2. The predicted molar refractivity (Wildman–Crippen MR) is 67.2 cm³/mol. The van der Waals surface area contributed by atoms with Gasteiger partial charge in [0.25, 0.3) is 0 Å². The summed E-state index contributed by atoms with van der Waals surface area (Å²) in [6.45, 7) is 2.61. The zero-order valence-corrected chi connectivity index (χ0v) is 10.4. The Morgan fingerprint density at radius 2 is 2.25 bits per heavy atom. The molecule has 0 fully saturated rings. The summed E-state index contributed by atoms with van der Waals surface area (Å²) in [6, 6.07) is 7.53. The molecule has 0 aliphatic carbocycles. The number of hydrazine groups is 1. The summed E-state index contributed by atoms with van der Waals surface area (Å²) in [7, 11) is 0. The molecule has 0 saturated heterocycles. The van der Waals surface area contributed by atoms with Crippen LogP contribution in [0, 0.1) is 0 Å². The van der Waals surface area contributed by atoms with Crippen molar-refractivity contribution in [1.82, 2.24) is 15.4 Å². The summed E-state index contributed by atoms with van der Waals surface area (Å²) in [4.78, 5) is 11.7. The first-order valence-electron chi connectivity index (χ1n) is 5.02. The van der Waals surface area contributed by atoms with Gasteiger partial charge in [0.2, 0.25) is 0 Å². The van der Waals surface area contributed by atoms with Crippen molar-refractivity contribution in [3.05, 3.63) is 34.9 Å². The van der Waals surface area contributed by atoms with E-state index in [0.29, 0.717) is 6.54 Å². The maximum atomic E-state index is 11.7. The number of benzene rings is 1. The van der Waals surface area contributed by atoms with Gasteiger partial charge in [-0.25, -0.2) is 10.2 Å². The van der Waals surface area contributed by atoms with E-state index in [0.717, 1.165) is 15.4 Å². The van der Waals surface area contributed by atoms with E-state index < -0.39 is 0 Å². The van der Waals surface area contributed by atoms with Gasteiger partial charge in [-0.05, 0) is 24.3 Å². The molecule has 0 saturated carbocycles. The van der Waals surface area contributed by atoms with Gasteiger partial charge in [-0.15, -0.1) is 0 Å². The largest absolute Gasteiger partial charge is 0.340 e. The molecule has 0 radical (unpaired) electrons. The summed E-state index contributed by atoms with van der Waals surface area (Å²) in [6.07, 6.45) is 1.75. The Labute approximate surface area is 102 Å². The molecule has 4 nitrogen and oxygen atoms in total. The second-order valence-corrected chi connectivity index (χ2v) is 4.27. The first-order chi connectivity index (χ1) is 7.72. The van der Waals surface area contributed by atoms with Crippen LogP contribution in [0.5, 0.6) is 0 Å². The molecule has 0 atom stereocenters. The Balaban J connectivity index is 2.34. The zero-order valence-electron chi connectivity index (χ0n) is 8.83. The standard InChI is InChI=1S/C11H12BrN3O/c1-2-13-14-11(16)15-6-5-8-7-9(12)3-4-10(8)15/h3-7,13H,2H2,1H3,(H,14,16). The van der Waals surface area contributed by atoms with Crippen molar-refractivity contribution in [2.24, 2.45) is 0 Å². The van der Waals surface area contributed by atoms with E-state index >= 15 is 0 Å². The van der Waals surface area contributed by atoms with Crippen LogP contribution in [-0.2, 0) is 0 Å². The van der Waals surface area contributed by atoms with Gasteiger partial charge < -0.3 is 0 Å². The van der Waals surface area contributed by atoms with Crippen LogP contribution >= 0.6 is 15.9 Å². The molecule has 1 heterocycles. The topological polar surface area (TPSA) is 46.1 Å². The molecule has 1 amide bonds. The number of aromatic nitrogens is 1. The average Bonchev–Trinajstić information content (AvgIpc) is 2.68. The SMILES string of the molecule is CCNNC(=O)n1ccc2cc(Br)ccc21. The first-order valence-corrected chi connectivity index (χ1v) is 5.81. The van der Waals surface area contributed by atoms with E-state index in [1.54, 1.807) is 10.8 Å². The molecule has 5 heteroatoms. The number of rotatable bonds is 2. The Morgan fingerprint density at radius 3 is 3.00 bits per heavy atom. The summed E-state index contributed by atoms with van der Waals surface area (Å²) in [5.41, 5.74) is 6.27. The third-order valence-electron chi connectivity index (χ3n) is 2.24. The number of amides is 1. The molecule has 0 spiro atoms. The van der Waals surface area contributed by atoms with Gasteiger partial charge >= 0.3 is 6.03 Å². The van der Waals surface area contributed by atoms with Crippen molar-refractivity contribution in [3.63, 3.8) is 0 Å². The molecule has 2 N–H and O–H groups in total. The number of hydrogen-bond donors (Lipinski definition) is 2. The van der Waals surface area contributed by atoms with E-state index in [1.165, 1.54) is 0 Å². The molecule has 0 unspecified atom stereocenters. The second-order valence-electron chi connectivity index (χ2n) is 3.35. The van der Waals surface area contributed by atoms with Gasteiger partial charge in [-0.1, -0.05) is 22.9 Å². The number of hydrogen-bond acceptors (Lipinski definition) is 2. The van der Waals surface area contributed by atoms with Crippen molar-refractivity contribution >= 4 is 32.9 Å². The van der Waals surface area contributed by atoms with Gasteiger partial charge in [0.15, 0.2) is 0 Å². The molecular weight excluding hydrogens is 270 g/mol. The zero-order chi connectivity index (χ0) is 11.5. The number of halogens is 1. The minimum atomic E-state index is -0.181.